The lowest BCUT2D eigenvalue weighted by Crippen LogP contribution is -2.60. The summed E-state index contributed by atoms with van der Waals surface area (Å²) in [6.07, 6.45) is 4.62. The molecule has 1 heterocycles. The number of benzene rings is 1. The summed E-state index contributed by atoms with van der Waals surface area (Å²) in [5.74, 6) is -13.0. The topological polar surface area (TPSA) is 343 Å². The number of likely N-dealkylation sites (N-methyl/N-ethyl adjacent to an activating group) is 1. The van der Waals surface area contributed by atoms with E-state index in [0.717, 1.165) is 10.5 Å². The smallest absolute Gasteiger partial charge is 0.327 e. The number of carboxylic acids is 2. The van der Waals surface area contributed by atoms with Crippen molar-refractivity contribution in [1.82, 2.24) is 36.8 Å². The Morgan fingerprint density at radius 2 is 1.49 bits per heavy atom. The fourth-order valence-electron chi connectivity index (χ4n) is 7.26. The van der Waals surface area contributed by atoms with E-state index in [2.05, 4.69) is 43.5 Å². The summed E-state index contributed by atoms with van der Waals surface area (Å²) in [6, 6.07) is 0.964. The zero-order chi connectivity index (χ0) is 53.0. The number of guanidine groups is 1. The lowest BCUT2D eigenvalue weighted by Gasteiger charge is -2.29. The van der Waals surface area contributed by atoms with Gasteiger partial charge in [-0.15, -0.1) is 0 Å². The minimum Gasteiger partial charge on any atom is -0.480 e. The van der Waals surface area contributed by atoms with Crippen molar-refractivity contribution in [2.75, 3.05) is 20.7 Å². The van der Waals surface area contributed by atoms with E-state index in [1.54, 1.807) is 34.0 Å². The summed E-state index contributed by atoms with van der Waals surface area (Å²) in [4.78, 5) is 125. The van der Waals surface area contributed by atoms with Gasteiger partial charge in [0.2, 0.25) is 35.4 Å². The van der Waals surface area contributed by atoms with Crippen LogP contribution in [0, 0.1) is 23.7 Å². The average Bonchev–Trinajstić information content (AvgIpc) is 3.30. The third kappa shape index (κ3) is 18.8. The molecule has 10 atom stereocenters. The van der Waals surface area contributed by atoms with Crippen molar-refractivity contribution in [2.24, 2.45) is 40.1 Å². The summed E-state index contributed by atoms with van der Waals surface area (Å²) in [6.45, 7) is 14.5. The van der Waals surface area contributed by atoms with Crippen LogP contribution in [0.1, 0.15) is 79.7 Å². The number of ether oxygens (including phenoxy) is 1. The molecule has 0 radical (unpaired) electrons. The molecule has 1 aromatic rings. The van der Waals surface area contributed by atoms with Crippen LogP contribution < -0.4 is 43.4 Å². The summed E-state index contributed by atoms with van der Waals surface area (Å²) in [5.41, 5.74) is 12.4. The van der Waals surface area contributed by atoms with Crippen molar-refractivity contribution in [3.8, 4) is 0 Å². The molecule has 0 aliphatic carbocycles. The number of amides is 7. The molecule has 0 saturated carbocycles. The quantitative estimate of drug-likeness (QED) is 0.0393. The molecule has 0 unspecified atom stereocenters. The van der Waals surface area contributed by atoms with E-state index >= 15 is 0 Å². The number of rotatable bonds is 14. The number of aliphatic imine (C=N–C) groups is 1. The molecule has 12 N–H and O–H groups in total. The standard InChI is InChI=1S/C48H72N10O12/c1-25(2)38-45(65)57-39(47(68)69)29(6)41(61)54-34(17-14-22-51-48(49)50)44(64)53-33(19-18-26(3)23-27(4)36(70-10)24-32-15-12-11-13-16-32)28(5)40(60)55-35(46(66)67)20-21-37(59)58(9)31(8)43(63)52-30(7)42(62)56-38/h11-13,15-16,18-19,23,25,27-30,33-36,38-39H,8,14,17,20-22,24H2,1-7,9-10H3,(H,52,63)(H,53,64)(H,54,61)(H,55,60)(H,56,62)(H,57,65)(H,66,67)(H,68,69)(H4,49,50,51)/b19-18+,26-23+/t27-,28-,29-,30+,33-,34-,35+,36-,38-,39+/m0/s1. The van der Waals surface area contributed by atoms with Crippen LogP contribution >= 0.6 is 0 Å². The van der Waals surface area contributed by atoms with Gasteiger partial charge in [0.15, 0.2) is 5.96 Å². The van der Waals surface area contributed by atoms with E-state index in [-0.39, 0.29) is 37.4 Å². The van der Waals surface area contributed by atoms with Crippen LogP contribution in [-0.2, 0) is 54.3 Å². The van der Waals surface area contributed by atoms with Crippen molar-refractivity contribution in [1.29, 1.82) is 0 Å². The van der Waals surface area contributed by atoms with Gasteiger partial charge in [0.25, 0.3) is 5.91 Å². The molecule has 7 amide bonds. The Bertz CT molecular complexity index is 2140. The van der Waals surface area contributed by atoms with Gasteiger partial charge in [0.1, 0.15) is 35.9 Å². The molecule has 1 aliphatic heterocycles. The molecule has 0 bridgehead atoms. The minimum absolute atomic E-state index is 0.0238. The maximum absolute atomic E-state index is 14.3. The van der Waals surface area contributed by atoms with Gasteiger partial charge in [-0.25, -0.2) is 9.59 Å². The molecule has 2 rings (SSSR count). The van der Waals surface area contributed by atoms with E-state index in [1.807, 2.05) is 43.3 Å². The van der Waals surface area contributed by atoms with Gasteiger partial charge in [-0.05, 0) is 51.0 Å². The van der Waals surface area contributed by atoms with E-state index < -0.39 is 126 Å². The molecule has 1 fully saturated rings. The second kappa shape index (κ2) is 28.4. The Balaban J connectivity index is 2.72. The van der Waals surface area contributed by atoms with E-state index in [9.17, 15) is 53.4 Å². The lowest BCUT2D eigenvalue weighted by molar-refractivity contribution is -0.147. The van der Waals surface area contributed by atoms with Crippen LogP contribution in [0.5, 0.6) is 0 Å². The van der Waals surface area contributed by atoms with Crippen LogP contribution in [-0.4, -0.2) is 137 Å². The Morgan fingerprint density at radius 3 is 2.06 bits per heavy atom. The summed E-state index contributed by atoms with van der Waals surface area (Å²) in [5, 5.41) is 35.4. The molecule has 22 heteroatoms. The van der Waals surface area contributed by atoms with Gasteiger partial charge < -0.3 is 63.2 Å². The SMILES string of the molecule is C=C1C(=O)N[C@H](C)C(=O)N[C@@H](C(C)C)C(=O)N[C@@H](C(=O)O)[C@H](C)C(=O)N[C@@H](CCCN=C(N)N)C(=O)N[C@@H](/C=C/C(C)=C/[C@H](C)[C@H](Cc2ccccc2)OC)[C@H](C)C(=O)N[C@@H](C(=O)O)CCC(=O)N1C. The highest BCUT2D eigenvalue weighted by Crippen LogP contribution is 2.19. The van der Waals surface area contributed by atoms with Crippen molar-refractivity contribution in [2.45, 2.75) is 123 Å². The third-order valence-electron chi connectivity index (χ3n) is 11.9. The van der Waals surface area contributed by atoms with Gasteiger partial charge in [-0.1, -0.05) is 95.3 Å². The fraction of sp³-hybridized carbons (Fsp3) is 0.542. The monoisotopic (exact) mass is 981 g/mol. The van der Waals surface area contributed by atoms with Crippen molar-refractivity contribution in [3.63, 3.8) is 0 Å². The van der Waals surface area contributed by atoms with E-state index in [1.165, 1.54) is 33.9 Å². The van der Waals surface area contributed by atoms with Gasteiger partial charge in [-0.3, -0.25) is 38.6 Å². The summed E-state index contributed by atoms with van der Waals surface area (Å²) >= 11 is 0. The number of carboxylic acid groups (broad SMARTS) is 2. The number of hydrogen-bond donors (Lipinski definition) is 10. The Morgan fingerprint density at radius 1 is 0.857 bits per heavy atom. The minimum atomic E-state index is -1.89. The molecule has 22 nitrogen and oxygen atoms in total. The number of aliphatic carboxylic acids is 2. The van der Waals surface area contributed by atoms with E-state index in [0.29, 0.717) is 12.0 Å². The Kier molecular flexibility index (Phi) is 24.0. The molecule has 1 aromatic carbocycles. The first-order chi connectivity index (χ1) is 32.8. The van der Waals surface area contributed by atoms with Gasteiger partial charge in [0.05, 0.1) is 24.0 Å². The number of nitrogens with two attached hydrogens (primary N) is 2. The first-order valence-corrected chi connectivity index (χ1v) is 23.0. The largest absolute Gasteiger partial charge is 0.480 e. The highest BCUT2D eigenvalue weighted by atomic mass is 16.5. The summed E-state index contributed by atoms with van der Waals surface area (Å²) in [7, 11) is 2.82. The van der Waals surface area contributed by atoms with Gasteiger partial charge >= 0.3 is 11.9 Å². The maximum Gasteiger partial charge on any atom is 0.327 e. The highest BCUT2D eigenvalue weighted by Gasteiger charge is 2.38. The zero-order valence-electron chi connectivity index (χ0n) is 41.4. The van der Waals surface area contributed by atoms with Crippen molar-refractivity contribution >= 4 is 59.2 Å². The predicted molar refractivity (Wildman–Crippen MR) is 260 cm³/mol. The average molecular weight is 981 g/mol. The second-order valence-electron chi connectivity index (χ2n) is 17.8. The Hall–Kier alpha value is -7.10. The van der Waals surface area contributed by atoms with Crippen LogP contribution in [0.2, 0.25) is 0 Å². The third-order valence-corrected chi connectivity index (χ3v) is 11.9. The van der Waals surface area contributed by atoms with Crippen LogP contribution in [0.25, 0.3) is 0 Å². The molecule has 0 spiro atoms. The number of carbonyl (C=O) groups excluding carboxylic acids is 7. The molecule has 1 aliphatic rings. The molecular weight excluding hydrogens is 909 g/mol. The van der Waals surface area contributed by atoms with Crippen LogP contribution in [0.4, 0.5) is 0 Å². The normalized spacial score (nSPS) is 25.5. The summed E-state index contributed by atoms with van der Waals surface area (Å²) < 4.78 is 5.81. The van der Waals surface area contributed by atoms with Crippen molar-refractivity contribution in [3.05, 3.63) is 72.0 Å². The van der Waals surface area contributed by atoms with Crippen molar-refractivity contribution < 1.29 is 58.1 Å². The maximum atomic E-state index is 14.3. The van der Waals surface area contributed by atoms with Gasteiger partial charge in [0, 0.05) is 33.0 Å². The first-order valence-electron chi connectivity index (χ1n) is 23.0. The van der Waals surface area contributed by atoms with E-state index in [4.69, 9.17) is 16.2 Å². The molecule has 1 saturated heterocycles. The lowest BCUT2D eigenvalue weighted by atomic mass is 9.94. The number of carbonyl (C=O) groups is 9. The number of hydrogen-bond acceptors (Lipinski definition) is 11. The predicted octanol–water partition coefficient (Wildman–Crippen LogP) is 0.228. The molecule has 386 valence electrons. The molecule has 70 heavy (non-hydrogen) atoms. The van der Waals surface area contributed by atoms with Crippen LogP contribution in [0.15, 0.2) is 71.4 Å². The Labute approximate surface area is 408 Å². The zero-order valence-corrected chi connectivity index (χ0v) is 41.4. The first kappa shape index (κ1) is 59.0. The molecule has 0 aromatic heterocycles. The number of allylic oxidation sites excluding steroid dienone is 2. The number of nitrogens with zero attached hydrogens (tertiary/aromatic N) is 2. The fourth-order valence-corrected chi connectivity index (χ4v) is 7.26. The van der Waals surface area contributed by atoms with Gasteiger partial charge in [-0.2, -0.15) is 0 Å². The second-order valence-corrected chi connectivity index (χ2v) is 17.8. The number of nitrogens with one attached hydrogen (secondary N) is 6. The number of methoxy groups -OCH3 is 1. The molecular formula is C48H72N10O12. The van der Waals surface area contributed by atoms with Crippen LogP contribution in [0.3, 0.4) is 0 Å². The highest BCUT2D eigenvalue weighted by molar-refractivity contribution is 6.00.